The van der Waals surface area contributed by atoms with Gasteiger partial charge in [0.1, 0.15) is 6.54 Å². The van der Waals surface area contributed by atoms with Gasteiger partial charge in [-0.05, 0) is 18.1 Å². The number of carbonyl (C=O) groups is 1. The molecule has 0 atom stereocenters. The fourth-order valence-corrected chi connectivity index (χ4v) is 2.82. The molecular formula is C21H20N4O2. The first kappa shape index (κ1) is 18.2. The Morgan fingerprint density at radius 2 is 1.74 bits per heavy atom. The van der Waals surface area contributed by atoms with Gasteiger partial charge < -0.3 is 10.6 Å². The molecule has 136 valence electrons. The van der Waals surface area contributed by atoms with Gasteiger partial charge in [0.25, 0.3) is 5.56 Å². The lowest BCUT2D eigenvalue weighted by Gasteiger charge is -2.11. The summed E-state index contributed by atoms with van der Waals surface area (Å²) in [5.41, 5.74) is 1.52. The average Bonchev–Trinajstić information content (AvgIpc) is 2.70. The van der Waals surface area contributed by atoms with Gasteiger partial charge in [-0.3, -0.25) is 4.79 Å². The number of rotatable bonds is 6. The van der Waals surface area contributed by atoms with Crippen LogP contribution in [-0.4, -0.2) is 22.4 Å². The third-order valence-electron chi connectivity index (χ3n) is 4.14. The molecular weight excluding hydrogens is 340 g/mol. The van der Waals surface area contributed by atoms with Crippen LogP contribution in [0.5, 0.6) is 0 Å². The minimum absolute atomic E-state index is 0.0833. The highest BCUT2D eigenvalue weighted by Crippen LogP contribution is 2.13. The van der Waals surface area contributed by atoms with Crippen molar-refractivity contribution in [1.29, 1.82) is 0 Å². The van der Waals surface area contributed by atoms with Gasteiger partial charge in [-0.1, -0.05) is 54.5 Å². The Bertz CT molecular complexity index is 1040. The maximum Gasteiger partial charge on any atom is 0.315 e. The van der Waals surface area contributed by atoms with E-state index in [1.807, 2.05) is 42.5 Å². The lowest BCUT2D eigenvalue weighted by molar-refractivity contribution is 0.240. The van der Waals surface area contributed by atoms with Gasteiger partial charge in [0.05, 0.1) is 17.6 Å². The van der Waals surface area contributed by atoms with Crippen molar-refractivity contribution in [3.05, 3.63) is 76.2 Å². The van der Waals surface area contributed by atoms with E-state index in [2.05, 4.69) is 21.7 Å². The zero-order valence-electron chi connectivity index (χ0n) is 14.8. The van der Waals surface area contributed by atoms with E-state index < -0.39 is 0 Å². The Morgan fingerprint density at radius 1 is 1.04 bits per heavy atom. The lowest BCUT2D eigenvalue weighted by Crippen LogP contribution is -2.37. The maximum absolute atomic E-state index is 12.4. The second-order valence-electron chi connectivity index (χ2n) is 6.00. The summed E-state index contributed by atoms with van der Waals surface area (Å²) in [4.78, 5) is 24.5. The van der Waals surface area contributed by atoms with E-state index in [-0.39, 0.29) is 24.7 Å². The number of terminal acetylenes is 1. The molecule has 0 saturated heterocycles. The fraction of sp³-hybridized carbons (Fsp3) is 0.190. The number of fused-ring (bicyclic) bond motifs is 1. The van der Waals surface area contributed by atoms with Gasteiger partial charge >= 0.3 is 6.03 Å². The Kier molecular flexibility index (Phi) is 5.85. The van der Waals surface area contributed by atoms with Gasteiger partial charge in [0.15, 0.2) is 0 Å². The summed E-state index contributed by atoms with van der Waals surface area (Å²) >= 11 is 0. The normalized spacial score (nSPS) is 10.3. The molecule has 2 aromatic carbocycles. The van der Waals surface area contributed by atoms with E-state index in [0.717, 1.165) is 12.0 Å². The second-order valence-corrected chi connectivity index (χ2v) is 6.00. The van der Waals surface area contributed by atoms with Crippen molar-refractivity contribution in [3.63, 3.8) is 0 Å². The molecule has 6 heteroatoms. The standard InChI is InChI=1S/C21H20N4O2/c1-2-14-25-20(26)18-11-7-6-10-17(18)19(24-25)15-23-21(27)22-13-12-16-8-4-3-5-9-16/h1,3-11H,12-15H2,(H2,22,23,27). The van der Waals surface area contributed by atoms with Crippen molar-refractivity contribution in [2.24, 2.45) is 0 Å². The summed E-state index contributed by atoms with van der Waals surface area (Å²) < 4.78 is 1.24. The third-order valence-corrected chi connectivity index (χ3v) is 4.14. The predicted molar refractivity (Wildman–Crippen MR) is 105 cm³/mol. The van der Waals surface area contributed by atoms with E-state index in [1.165, 1.54) is 4.68 Å². The van der Waals surface area contributed by atoms with Crippen molar-refractivity contribution in [2.75, 3.05) is 6.54 Å². The highest BCUT2D eigenvalue weighted by atomic mass is 16.2. The van der Waals surface area contributed by atoms with Crippen LogP contribution in [0.3, 0.4) is 0 Å². The maximum atomic E-state index is 12.4. The zero-order chi connectivity index (χ0) is 19.1. The second kappa shape index (κ2) is 8.68. The smallest absolute Gasteiger partial charge is 0.315 e. The molecule has 0 saturated carbocycles. The highest BCUT2D eigenvalue weighted by molar-refractivity contribution is 5.84. The topological polar surface area (TPSA) is 76.0 Å². The fourth-order valence-electron chi connectivity index (χ4n) is 2.82. The van der Waals surface area contributed by atoms with E-state index in [4.69, 9.17) is 6.42 Å². The summed E-state index contributed by atoms with van der Waals surface area (Å²) in [7, 11) is 0. The van der Waals surface area contributed by atoms with E-state index >= 15 is 0 Å². The van der Waals surface area contributed by atoms with E-state index in [1.54, 1.807) is 12.1 Å². The Labute approximate surface area is 157 Å². The number of hydrogen-bond acceptors (Lipinski definition) is 3. The number of urea groups is 1. The van der Waals surface area contributed by atoms with Crippen LogP contribution in [0.2, 0.25) is 0 Å². The van der Waals surface area contributed by atoms with Crippen molar-refractivity contribution < 1.29 is 4.79 Å². The van der Waals surface area contributed by atoms with Crippen molar-refractivity contribution in [2.45, 2.75) is 19.5 Å². The number of hydrogen-bond donors (Lipinski definition) is 2. The Balaban J connectivity index is 1.66. The number of nitrogens with one attached hydrogen (secondary N) is 2. The predicted octanol–water partition coefficient (Wildman–Crippen LogP) is 2.07. The number of carbonyl (C=O) groups excluding carboxylic acids is 1. The van der Waals surface area contributed by atoms with Gasteiger partial charge in [-0.15, -0.1) is 6.42 Å². The van der Waals surface area contributed by atoms with Gasteiger partial charge in [0.2, 0.25) is 0 Å². The molecule has 0 fully saturated rings. The summed E-state index contributed by atoms with van der Waals surface area (Å²) in [6.07, 6.45) is 6.07. The molecule has 1 heterocycles. The van der Waals surface area contributed by atoms with Crippen LogP contribution in [0.4, 0.5) is 4.79 Å². The molecule has 1 aromatic heterocycles. The average molecular weight is 360 g/mol. The third kappa shape index (κ3) is 4.53. The Morgan fingerprint density at radius 3 is 2.48 bits per heavy atom. The first-order valence-electron chi connectivity index (χ1n) is 8.67. The van der Waals surface area contributed by atoms with Crippen LogP contribution in [0, 0.1) is 12.3 Å². The van der Waals surface area contributed by atoms with Crippen LogP contribution in [0.1, 0.15) is 11.3 Å². The van der Waals surface area contributed by atoms with Crippen molar-refractivity contribution in [3.8, 4) is 12.3 Å². The van der Waals surface area contributed by atoms with Gasteiger partial charge in [0, 0.05) is 11.9 Å². The molecule has 2 amide bonds. The lowest BCUT2D eigenvalue weighted by atomic mass is 10.1. The van der Waals surface area contributed by atoms with Crippen molar-refractivity contribution >= 4 is 16.8 Å². The summed E-state index contributed by atoms with van der Waals surface area (Å²) in [5.74, 6) is 2.43. The van der Waals surface area contributed by atoms with Crippen LogP contribution >= 0.6 is 0 Å². The van der Waals surface area contributed by atoms with Crippen LogP contribution < -0.4 is 16.2 Å². The molecule has 2 N–H and O–H groups in total. The molecule has 3 rings (SSSR count). The Hall–Kier alpha value is -3.59. The molecule has 6 nitrogen and oxygen atoms in total. The molecule has 0 aliphatic rings. The monoisotopic (exact) mass is 360 g/mol. The van der Waals surface area contributed by atoms with Gasteiger partial charge in [-0.25, -0.2) is 9.48 Å². The molecule has 3 aromatic rings. The minimum Gasteiger partial charge on any atom is -0.338 e. The quantitative estimate of drug-likeness (QED) is 0.661. The first-order valence-corrected chi connectivity index (χ1v) is 8.67. The molecule has 0 radical (unpaired) electrons. The number of nitrogens with zero attached hydrogens (tertiary/aromatic N) is 2. The summed E-state index contributed by atoms with van der Waals surface area (Å²) in [5, 5.41) is 11.2. The van der Waals surface area contributed by atoms with Gasteiger partial charge in [-0.2, -0.15) is 5.10 Å². The first-order chi connectivity index (χ1) is 13.2. The molecule has 0 spiro atoms. The number of aromatic nitrogens is 2. The van der Waals surface area contributed by atoms with E-state index in [9.17, 15) is 9.59 Å². The molecule has 0 bridgehead atoms. The highest BCUT2D eigenvalue weighted by Gasteiger charge is 2.10. The SMILES string of the molecule is C#CCn1nc(CNC(=O)NCCc2ccccc2)c2ccccc2c1=O. The molecule has 0 aliphatic heterocycles. The largest absolute Gasteiger partial charge is 0.338 e. The molecule has 0 aliphatic carbocycles. The number of benzene rings is 2. The van der Waals surface area contributed by atoms with Crippen LogP contribution in [-0.2, 0) is 19.5 Å². The zero-order valence-corrected chi connectivity index (χ0v) is 14.8. The summed E-state index contributed by atoms with van der Waals surface area (Å²) in [6.45, 7) is 0.809. The summed E-state index contributed by atoms with van der Waals surface area (Å²) in [6, 6.07) is 16.8. The van der Waals surface area contributed by atoms with Crippen molar-refractivity contribution in [1.82, 2.24) is 20.4 Å². The minimum atomic E-state index is -0.286. The molecule has 0 unspecified atom stereocenters. The van der Waals surface area contributed by atoms with Crippen LogP contribution in [0.25, 0.3) is 10.8 Å². The molecule has 27 heavy (non-hydrogen) atoms. The van der Waals surface area contributed by atoms with Crippen LogP contribution in [0.15, 0.2) is 59.4 Å². The van der Waals surface area contributed by atoms with E-state index in [0.29, 0.717) is 23.0 Å². The number of amides is 2.